The number of nitrogen functional groups attached to an aromatic ring is 1. The average Bonchev–Trinajstić information content (AvgIpc) is 2.83. The van der Waals surface area contributed by atoms with E-state index in [-0.39, 0.29) is 11.2 Å². The summed E-state index contributed by atoms with van der Waals surface area (Å²) in [6, 6.07) is 7.55. The molecule has 1 aromatic carbocycles. The fourth-order valence-corrected chi connectivity index (χ4v) is 3.57. The molecule has 0 amide bonds. The maximum Gasteiger partial charge on any atom is 0.148 e. The zero-order chi connectivity index (χ0) is 11.1. The van der Waals surface area contributed by atoms with Crippen molar-refractivity contribution in [2.24, 2.45) is 0 Å². The average molecular weight is 225 g/mol. The molecule has 0 spiro atoms. The van der Waals surface area contributed by atoms with Crippen molar-refractivity contribution in [2.75, 3.05) is 17.7 Å². The van der Waals surface area contributed by atoms with Gasteiger partial charge in [0.1, 0.15) is 9.84 Å². The van der Waals surface area contributed by atoms with E-state index in [1.807, 2.05) is 24.3 Å². The summed E-state index contributed by atoms with van der Waals surface area (Å²) in [5.74, 6) is 0.216. The fraction of sp³-hybridized carbons (Fsp3) is 0.455. The number of benzene rings is 1. The lowest BCUT2D eigenvalue weighted by atomic mass is 9.96. The third-order valence-electron chi connectivity index (χ3n) is 2.92. The molecule has 0 aliphatic heterocycles. The van der Waals surface area contributed by atoms with E-state index in [0.29, 0.717) is 5.69 Å². The Morgan fingerprint density at radius 1 is 1.33 bits per heavy atom. The molecule has 15 heavy (non-hydrogen) atoms. The molecule has 1 aliphatic carbocycles. The molecule has 0 saturated heterocycles. The Kier molecular flexibility index (Phi) is 2.26. The number of sulfone groups is 1. The second-order valence-corrected chi connectivity index (χ2v) is 6.58. The van der Waals surface area contributed by atoms with Crippen molar-refractivity contribution < 1.29 is 8.42 Å². The minimum atomic E-state index is -2.94. The zero-order valence-electron chi connectivity index (χ0n) is 8.73. The summed E-state index contributed by atoms with van der Waals surface area (Å²) in [7, 11) is -2.94. The molecular formula is C11H15NO2S. The van der Waals surface area contributed by atoms with E-state index in [9.17, 15) is 8.42 Å². The summed E-state index contributed by atoms with van der Waals surface area (Å²) in [5, 5.41) is 0. The molecule has 3 nitrogen and oxygen atoms in total. The summed E-state index contributed by atoms with van der Waals surface area (Å²) in [6.45, 7) is 0. The molecule has 1 fully saturated rings. The quantitative estimate of drug-likeness (QED) is 0.790. The number of nitrogens with two attached hydrogens (primary N) is 1. The monoisotopic (exact) mass is 225 g/mol. The number of hydrogen-bond acceptors (Lipinski definition) is 3. The van der Waals surface area contributed by atoms with Crippen molar-refractivity contribution in [1.82, 2.24) is 0 Å². The standard InChI is InChI=1S/C11H15NO2S/c1-15(13,14)8-11(6-7-11)9-4-2-3-5-10(9)12/h2-5H,6-8,12H2,1H3. The van der Waals surface area contributed by atoms with Gasteiger partial charge in [-0.1, -0.05) is 18.2 Å². The van der Waals surface area contributed by atoms with Gasteiger partial charge in [0.15, 0.2) is 0 Å². The summed E-state index contributed by atoms with van der Waals surface area (Å²) < 4.78 is 22.7. The minimum Gasteiger partial charge on any atom is -0.398 e. The zero-order valence-corrected chi connectivity index (χ0v) is 9.55. The minimum absolute atomic E-state index is 0.196. The van der Waals surface area contributed by atoms with E-state index in [4.69, 9.17) is 5.73 Å². The largest absolute Gasteiger partial charge is 0.398 e. The normalized spacial score (nSPS) is 18.7. The van der Waals surface area contributed by atoms with E-state index in [0.717, 1.165) is 18.4 Å². The van der Waals surface area contributed by atoms with Crippen LogP contribution in [0.2, 0.25) is 0 Å². The van der Waals surface area contributed by atoms with Gasteiger partial charge in [-0.15, -0.1) is 0 Å². The van der Waals surface area contributed by atoms with E-state index < -0.39 is 9.84 Å². The molecule has 0 aromatic heterocycles. The van der Waals surface area contributed by atoms with Crippen LogP contribution in [0.3, 0.4) is 0 Å². The predicted octanol–water partition coefficient (Wildman–Crippen LogP) is 1.34. The Morgan fingerprint density at radius 2 is 1.93 bits per heavy atom. The van der Waals surface area contributed by atoms with Gasteiger partial charge in [-0.3, -0.25) is 0 Å². The van der Waals surface area contributed by atoms with Gasteiger partial charge in [0.25, 0.3) is 0 Å². The van der Waals surface area contributed by atoms with Crippen LogP contribution in [0.15, 0.2) is 24.3 Å². The predicted molar refractivity (Wildman–Crippen MR) is 61.5 cm³/mol. The van der Waals surface area contributed by atoms with E-state index in [1.54, 1.807) is 0 Å². The first-order chi connectivity index (χ1) is 6.93. The Bertz CT molecular complexity index is 475. The van der Waals surface area contributed by atoms with Crippen LogP contribution in [0, 0.1) is 0 Å². The highest BCUT2D eigenvalue weighted by molar-refractivity contribution is 7.90. The van der Waals surface area contributed by atoms with Gasteiger partial charge in [-0.25, -0.2) is 8.42 Å². The van der Waals surface area contributed by atoms with Crippen LogP contribution >= 0.6 is 0 Å². The molecule has 0 radical (unpaired) electrons. The van der Waals surface area contributed by atoms with Gasteiger partial charge in [-0.05, 0) is 24.5 Å². The lowest BCUT2D eigenvalue weighted by molar-refractivity contribution is 0.592. The Labute approximate surface area is 90.2 Å². The molecule has 82 valence electrons. The molecule has 1 aliphatic rings. The van der Waals surface area contributed by atoms with Crippen molar-refractivity contribution in [2.45, 2.75) is 18.3 Å². The summed E-state index contributed by atoms with van der Waals surface area (Å²) in [6.07, 6.45) is 3.13. The van der Waals surface area contributed by atoms with Gasteiger partial charge in [0, 0.05) is 17.4 Å². The van der Waals surface area contributed by atoms with E-state index >= 15 is 0 Å². The smallest absolute Gasteiger partial charge is 0.148 e. The maximum absolute atomic E-state index is 11.3. The van der Waals surface area contributed by atoms with Gasteiger partial charge < -0.3 is 5.73 Å². The number of hydrogen-bond donors (Lipinski definition) is 1. The van der Waals surface area contributed by atoms with Crippen LogP contribution in [0.25, 0.3) is 0 Å². The van der Waals surface area contributed by atoms with Gasteiger partial charge >= 0.3 is 0 Å². The first-order valence-corrected chi connectivity index (χ1v) is 7.02. The maximum atomic E-state index is 11.3. The van der Waals surface area contributed by atoms with Gasteiger partial charge in [0.05, 0.1) is 5.75 Å². The second kappa shape index (κ2) is 3.23. The Morgan fingerprint density at radius 3 is 2.40 bits per heavy atom. The first kappa shape index (κ1) is 10.5. The number of rotatable bonds is 3. The molecule has 1 saturated carbocycles. The van der Waals surface area contributed by atoms with Crippen LogP contribution in [0.1, 0.15) is 18.4 Å². The highest BCUT2D eigenvalue weighted by Crippen LogP contribution is 2.50. The Balaban J connectivity index is 2.35. The molecule has 4 heteroatoms. The molecular weight excluding hydrogens is 210 g/mol. The van der Waals surface area contributed by atoms with Crippen molar-refractivity contribution in [3.8, 4) is 0 Å². The van der Waals surface area contributed by atoms with Crippen LogP contribution in [-0.2, 0) is 15.3 Å². The summed E-state index contributed by atoms with van der Waals surface area (Å²) in [4.78, 5) is 0. The van der Waals surface area contributed by atoms with Crippen LogP contribution in [-0.4, -0.2) is 20.4 Å². The van der Waals surface area contributed by atoms with Crippen LogP contribution in [0.5, 0.6) is 0 Å². The van der Waals surface area contributed by atoms with Crippen LogP contribution < -0.4 is 5.73 Å². The lowest BCUT2D eigenvalue weighted by Gasteiger charge is -2.16. The van der Waals surface area contributed by atoms with Crippen LogP contribution in [0.4, 0.5) is 5.69 Å². The second-order valence-electron chi connectivity index (χ2n) is 4.44. The van der Waals surface area contributed by atoms with Crippen molar-refractivity contribution in [3.63, 3.8) is 0 Å². The molecule has 0 bridgehead atoms. The fourth-order valence-electron chi connectivity index (χ4n) is 2.12. The van der Waals surface area contributed by atoms with Gasteiger partial charge in [0.2, 0.25) is 0 Å². The molecule has 2 N–H and O–H groups in total. The van der Waals surface area contributed by atoms with E-state index in [1.165, 1.54) is 6.26 Å². The number of anilines is 1. The highest BCUT2D eigenvalue weighted by Gasteiger charge is 2.47. The molecule has 0 atom stereocenters. The first-order valence-electron chi connectivity index (χ1n) is 4.96. The molecule has 1 aromatic rings. The molecule has 0 heterocycles. The van der Waals surface area contributed by atoms with Crippen molar-refractivity contribution in [3.05, 3.63) is 29.8 Å². The SMILES string of the molecule is CS(=O)(=O)CC1(c2ccccc2N)CC1. The highest BCUT2D eigenvalue weighted by atomic mass is 32.2. The molecule has 2 rings (SSSR count). The lowest BCUT2D eigenvalue weighted by Crippen LogP contribution is -2.21. The third-order valence-corrected chi connectivity index (χ3v) is 4.00. The molecule has 0 unspecified atom stereocenters. The summed E-state index contributed by atoms with van der Waals surface area (Å²) >= 11 is 0. The topological polar surface area (TPSA) is 60.2 Å². The third kappa shape index (κ3) is 2.15. The number of para-hydroxylation sites is 1. The van der Waals surface area contributed by atoms with Crippen molar-refractivity contribution >= 4 is 15.5 Å². The van der Waals surface area contributed by atoms with Crippen molar-refractivity contribution in [1.29, 1.82) is 0 Å². The summed E-state index contributed by atoms with van der Waals surface area (Å²) in [5.41, 5.74) is 7.38. The Hall–Kier alpha value is -1.03. The van der Waals surface area contributed by atoms with Gasteiger partial charge in [-0.2, -0.15) is 0 Å². The van der Waals surface area contributed by atoms with E-state index in [2.05, 4.69) is 0 Å².